The topological polar surface area (TPSA) is 72.9 Å². The maximum Gasteiger partial charge on any atom is 0.325 e. The summed E-state index contributed by atoms with van der Waals surface area (Å²) in [6.07, 6.45) is 0.811. The monoisotopic (exact) mass is 257 g/mol. The summed E-state index contributed by atoms with van der Waals surface area (Å²) in [5, 5.41) is 11.7. The van der Waals surface area contributed by atoms with E-state index in [1.54, 1.807) is 14.1 Å². The molecule has 0 saturated heterocycles. The van der Waals surface area contributed by atoms with Crippen molar-refractivity contribution in [2.24, 2.45) is 0 Å². The predicted molar refractivity (Wildman–Crippen MR) is 70.4 cm³/mol. The van der Waals surface area contributed by atoms with Gasteiger partial charge in [-0.05, 0) is 41.2 Å². The first kappa shape index (κ1) is 16.6. The van der Waals surface area contributed by atoms with Crippen molar-refractivity contribution in [2.75, 3.05) is 41.3 Å². The lowest BCUT2D eigenvalue weighted by Gasteiger charge is -2.21. The molecule has 104 valence electrons. The molecule has 0 radical (unpaired) electrons. The lowest BCUT2D eigenvalue weighted by molar-refractivity contribution is -0.142. The van der Waals surface area contributed by atoms with Gasteiger partial charge in [-0.25, -0.2) is 0 Å². The van der Waals surface area contributed by atoms with Crippen LogP contribution in [0.15, 0.2) is 12.2 Å². The second kappa shape index (κ2) is 7.84. The summed E-state index contributed by atoms with van der Waals surface area (Å²) >= 11 is 0. The van der Waals surface area contributed by atoms with Crippen LogP contribution < -0.4 is 5.32 Å². The number of likely N-dealkylation sites (N-methyl/N-ethyl adjacent to an activating group) is 1. The SMILES string of the molecule is C=C(C(=O)NCCCN(C)C)C(C(=O)O)N(C)C. The molecule has 6 nitrogen and oxygen atoms in total. The van der Waals surface area contributed by atoms with Gasteiger partial charge in [0.05, 0.1) is 0 Å². The summed E-state index contributed by atoms with van der Waals surface area (Å²) in [7, 11) is 7.10. The maximum atomic E-state index is 11.7. The number of nitrogens with one attached hydrogen (secondary N) is 1. The van der Waals surface area contributed by atoms with Crippen molar-refractivity contribution >= 4 is 11.9 Å². The summed E-state index contributed by atoms with van der Waals surface area (Å²) in [4.78, 5) is 26.2. The molecule has 18 heavy (non-hydrogen) atoms. The van der Waals surface area contributed by atoms with E-state index in [4.69, 9.17) is 5.11 Å². The molecule has 0 heterocycles. The quantitative estimate of drug-likeness (QED) is 0.458. The normalized spacial score (nSPS) is 12.6. The Hall–Kier alpha value is -1.40. The molecule has 0 bridgehead atoms. The summed E-state index contributed by atoms with van der Waals surface area (Å²) < 4.78 is 0. The van der Waals surface area contributed by atoms with E-state index in [-0.39, 0.29) is 5.57 Å². The van der Waals surface area contributed by atoms with Crippen LogP contribution in [0.4, 0.5) is 0 Å². The zero-order valence-electron chi connectivity index (χ0n) is 11.6. The molecule has 0 aromatic heterocycles. The van der Waals surface area contributed by atoms with E-state index in [2.05, 4.69) is 11.9 Å². The van der Waals surface area contributed by atoms with E-state index >= 15 is 0 Å². The fourth-order valence-electron chi connectivity index (χ4n) is 1.52. The Bertz CT molecular complexity index is 314. The summed E-state index contributed by atoms with van der Waals surface area (Å²) in [5.74, 6) is -1.48. The fourth-order valence-corrected chi connectivity index (χ4v) is 1.52. The van der Waals surface area contributed by atoms with Gasteiger partial charge in [0.2, 0.25) is 5.91 Å². The first-order valence-electron chi connectivity index (χ1n) is 5.78. The van der Waals surface area contributed by atoms with Gasteiger partial charge >= 0.3 is 5.97 Å². The van der Waals surface area contributed by atoms with Gasteiger partial charge < -0.3 is 15.3 Å². The minimum atomic E-state index is -1.08. The van der Waals surface area contributed by atoms with Crippen LogP contribution in [0, 0.1) is 0 Å². The minimum absolute atomic E-state index is 0.0531. The zero-order valence-corrected chi connectivity index (χ0v) is 11.6. The largest absolute Gasteiger partial charge is 0.480 e. The first-order chi connectivity index (χ1) is 8.27. The van der Waals surface area contributed by atoms with E-state index in [0.29, 0.717) is 6.54 Å². The van der Waals surface area contributed by atoms with E-state index in [9.17, 15) is 9.59 Å². The molecule has 0 aromatic carbocycles. The Morgan fingerprint density at radius 2 is 1.83 bits per heavy atom. The third kappa shape index (κ3) is 5.79. The molecule has 0 rings (SSSR count). The molecule has 1 atom stereocenters. The van der Waals surface area contributed by atoms with Gasteiger partial charge in [0.1, 0.15) is 6.04 Å². The molecular weight excluding hydrogens is 234 g/mol. The molecule has 0 saturated carbocycles. The number of aliphatic carboxylic acids is 1. The molecule has 0 aliphatic rings. The minimum Gasteiger partial charge on any atom is -0.480 e. The van der Waals surface area contributed by atoms with Crippen LogP contribution in [0.25, 0.3) is 0 Å². The molecular formula is C12H23N3O3. The third-order valence-electron chi connectivity index (χ3n) is 2.44. The number of nitrogens with zero attached hydrogens (tertiary/aromatic N) is 2. The van der Waals surface area contributed by atoms with Gasteiger partial charge in [-0.1, -0.05) is 6.58 Å². The summed E-state index contributed by atoms with van der Waals surface area (Å²) in [6.45, 7) is 4.94. The van der Waals surface area contributed by atoms with Crippen molar-refractivity contribution in [3.8, 4) is 0 Å². The van der Waals surface area contributed by atoms with Crippen LogP contribution in [0.5, 0.6) is 0 Å². The van der Waals surface area contributed by atoms with E-state index in [1.807, 2.05) is 19.0 Å². The lowest BCUT2D eigenvalue weighted by atomic mass is 10.1. The Morgan fingerprint density at radius 3 is 2.22 bits per heavy atom. The van der Waals surface area contributed by atoms with E-state index in [0.717, 1.165) is 13.0 Å². The standard InChI is InChI=1S/C12H23N3O3/c1-9(10(12(17)18)15(4)5)11(16)13-7-6-8-14(2)3/h10H,1,6-8H2,2-5H3,(H,13,16)(H,17,18). The van der Waals surface area contributed by atoms with Crippen LogP contribution >= 0.6 is 0 Å². The molecule has 1 unspecified atom stereocenters. The Labute approximate surface area is 108 Å². The number of carboxylic acid groups (broad SMARTS) is 1. The number of carboxylic acids is 1. The number of amides is 1. The highest BCUT2D eigenvalue weighted by molar-refractivity contribution is 5.99. The number of carbonyl (C=O) groups excluding carboxylic acids is 1. The Balaban J connectivity index is 4.24. The Morgan fingerprint density at radius 1 is 1.28 bits per heavy atom. The number of carbonyl (C=O) groups is 2. The van der Waals surface area contributed by atoms with Gasteiger partial charge in [0, 0.05) is 12.1 Å². The van der Waals surface area contributed by atoms with Crippen LogP contribution in [-0.2, 0) is 9.59 Å². The molecule has 1 amide bonds. The van der Waals surface area contributed by atoms with Gasteiger partial charge in [0.25, 0.3) is 0 Å². The first-order valence-corrected chi connectivity index (χ1v) is 5.78. The van der Waals surface area contributed by atoms with Crippen LogP contribution in [0.1, 0.15) is 6.42 Å². The van der Waals surface area contributed by atoms with Crippen molar-refractivity contribution in [3.05, 3.63) is 12.2 Å². The molecule has 0 aliphatic heterocycles. The average molecular weight is 257 g/mol. The second-order valence-corrected chi connectivity index (χ2v) is 4.64. The number of rotatable bonds is 8. The van der Waals surface area contributed by atoms with Crippen molar-refractivity contribution in [3.63, 3.8) is 0 Å². The predicted octanol–water partition coefficient (Wildman–Crippen LogP) is -0.375. The van der Waals surface area contributed by atoms with E-state index in [1.165, 1.54) is 4.90 Å². The molecule has 2 N–H and O–H groups in total. The summed E-state index contributed by atoms with van der Waals surface area (Å²) in [5.41, 5.74) is 0.0531. The molecule has 6 heteroatoms. The van der Waals surface area contributed by atoms with Gasteiger partial charge in [-0.3, -0.25) is 14.5 Å². The van der Waals surface area contributed by atoms with Crippen LogP contribution in [0.3, 0.4) is 0 Å². The van der Waals surface area contributed by atoms with Crippen molar-refractivity contribution in [1.29, 1.82) is 0 Å². The van der Waals surface area contributed by atoms with Crippen LogP contribution in [0.2, 0.25) is 0 Å². The lowest BCUT2D eigenvalue weighted by Crippen LogP contribution is -2.42. The average Bonchev–Trinajstić information content (AvgIpc) is 2.22. The van der Waals surface area contributed by atoms with Crippen molar-refractivity contribution in [2.45, 2.75) is 12.5 Å². The molecule has 0 spiro atoms. The second-order valence-electron chi connectivity index (χ2n) is 4.64. The zero-order chi connectivity index (χ0) is 14.3. The molecule has 0 fully saturated rings. The van der Waals surface area contributed by atoms with Crippen molar-refractivity contribution < 1.29 is 14.7 Å². The van der Waals surface area contributed by atoms with Gasteiger partial charge in [-0.2, -0.15) is 0 Å². The summed E-state index contributed by atoms with van der Waals surface area (Å²) in [6, 6.07) is -0.987. The van der Waals surface area contributed by atoms with Gasteiger partial charge in [-0.15, -0.1) is 0 Å². The highest BCUT2D eigenvalue weighted by Crippen LogP contribution is 2.06. The highest BCUT2D eigenvalue weighted by atomic mass is 16.4. The third-order valence-corrected chi connectivity index (χ3v) is 2.44. The van der Waals surface area contributed by atoms with E-state index < -0.39 is 17.9 Å². The van der Waals surface area contributed by atoms with Crippen LogP contribution in [-0.4, -0.2) is 74.1 Å². The smallest absolute Gasteiger partial charge is 0.325 e. The highest BCUT2D eigenvalue weighted by Gasteiger charge is 2.27. The fraction of sp³-hybridized carbons (Fsp3) is 0.667. The van der Waals surface area contributed by atoms with Gasteiger partial charge in [0.15, 0.2) is 0 Å². The molecule has 0 aliphatic carbocycles. The number of hydrogen-bond donors (Lipinski definition) is 2. The van der Waals surface area contributed by atoms with Crippen molar-refractivity contribution in [1.82, 2.24) is 15.1 Å². The Kier molecular flexibility index (Phi) is 7.23. The maximum absolute atomic E-state index is 11.7. The molecule has 0 aromatic rings. The number of hydrogen-bond acceptors (Lipinski definition) is 4.